The molecule has 0 fully saturated rings. The molecule has 0 bridgehead atoms. The van der Waals surface area contributed by atoms with Crippen LogP contribution in [0.2, 0.25) is 0 Å². The van der Waals surface area contributed by atoms with Crippen LogP contribution in [0.4, 0.5) is 14.6 Å². The second kappa shape index (κ2) is 22.6. The van der Waals surface area contributed by atoms with E-state index in [0.29, 0.717) is 28.1 Å². The molecule has 2 aromatic heterocycles. The Morgan fingerprint density at radius 1 is 0.821 bits per heavy atom. The molecule has 2 N–H and O–H groups in total. The molecule has 2 heterocycles. The van der Waals surface area contributed by atoms with Crippen LogP contribution < -0.4 is 5.73 Å². The number of benzene rings is 2. The Labute approximate surface area is 354 Å². The van der Waals surface area contributed by atoms with Crippen molar-refractivity contribution < 1.29 is 49.0 Å². The summed E-state index contributed by atoms with van der Waals surface area (Å²) in [6.07, 6.45) is 3.00. The predicted octanol–water partition coefficient (Wildman–Crippen LogP) is 11.3. The molecule has 0 saturated carbocycles. The van der Waals surface area contributed by atoms with Crippen molar-refractivity contribution in [2.45, 2.75) is 98.7 Å². The first-order valence-corrected chi connectivity index (χ1v) is 25.1. The number of rotatable bonds is 7. The number of nitrogens with two attached hydrogens (primary N) is 1. The summed E-state index contributed by atoms with van der Waals surface area (Å²) in [6, 6.07) is 12.4. The Hall–Kier alpha value is -4.05. The zero-order valence-corrected chi connectivity index (χ0v) is 39.7. The Balaban J connectivity index is 0.000000468. The summed E-state index contributed by atoms with van der Waals surface area (Å²) in [5.41, 5.74) is 9.29. The summed E-state index contributed by atoms with van der Waals surface area (Å²) in [4.78, 5) is 45.2. The number of carbonyl (C=O) groups is 3. The second-order valence-corrected chi connectivity index (χ2v) is 15.6. The number of hydrogen-bond acceptors (Lipinski definition) is 7. The molecule has 0 aliphatic heterocycles. The van der Waals surface area contributed by atoms with E-state index in [-0.39, 0.29) is 29.8 Å². The predicted molar refractivity (Wildman–Crippen MR) is 220 cm³/mol. The average Bonchev–Trinajstić information content (AvgIpc) is 3.09. The first kappa shape index (κ1) is 50.0. The van der Waals surface area contributed by atoms with E-state index in [4.69, 9.17) is 17.0 Å². The SMILES string of the molecule is CC(C)c1cc(F)cc(-c2ccnc(C(N)=O)c2)c1CC(=O)OC(C)(C)C.[C-]#[N+]c1cc(-c2cc(F)cc(C(C)C)c2Br)ccn1.[CH2-]C(=O)OC(C)(C)C.[Zn+][Br]. The molecule has 2 aromatic carbocycles. The first-order valence-electron chi connectivity index (χ1n) is 17.4. The normalized spacial score (nSPS) is 10.8. The Morgan fingerprint density at radius 3 is 1.75 bits per heavy atom. The zero-order chi connectivity index (χ0) is 43.1. The zero-order valence-electron chi connectivity index (χ0n) is 33.5. The topological polar surface area (TPSA) is 126 Å². The molecule has 4 rings (SSSR count). The molecule has 0 unspecified atom stereocenters. The molecular weight excluding hydrogens is 904 g/mol. The van der Waals surface area contributed by atoms with E-state index in [1.165, 1.54) is 52.9 Å². The molecule has 0 aliphatic rings. The van der Waals surface area contributed by atoms with Crippen molar-refractivity contribution in [3.63, 3.8) is 0 Å². The van der Waals surface area contributed by atoms with Gasteiger partial charge in [-0.1, -0.05) is 34.3 Å². The quantitative estimate of drug-likeness (QED) is 0.111. The van der Waals surface area contributed by atoms with Crippen LogP contribution in [-0.4, -0.2) is 39.0 Å². The van der Waals surface area contributed by atoms with Gasteiger partial charge in [-0.15, -0.1) is 4.98 Å². The second-order valence-electron chi connectivity index (χ2n) is 14.8. The van der Waals surface area contributed by atoms with Gasteiger partial charge in [0.25, 0.3) is 11.7 Å². The van der Waals surface area contributed by atoms with Gasteiger partial charge in [0, 0.05) is 10.7 Å². The number of esters is 2. The van der Waals surface area contributed by atoms with Gasteiger partial charge in [0.05, 0.1) is 6.42 Å². The minimum absolute atomic E-state index is 0.00525. The van der Waals surface area contributed by atoms with E-state index in [0.717, 1.165) is 21.2 Å². The van der Waals surface area contributed by atoms with Gasteiger partial charge in [-0.25, -0.2) is 8.78 Å². The van der Waals surface area contributed by atoms with Crippen LogP contribution in [0.1, 0.15) is 108 Å². The van der Waals surface area contributed by atoms with Crippen molar-refractivity contribution in [1.29, 1.82) is 0 Å². The summed E-state index contributed by atoms with van der Waals surface area (Å²) < 4.78 is 39.0. The molecule has 0 aliphatic carbocycles. The van der Waals surface area contributed by atoms with Crippen LogP contribution in [0.15, 0.2) is 65.4 Å². The van der Waals surface area contributed by atoms with Crippen LogP contribution in [0.25, 0.3) is 27.1 Å². The average molecular weight is 952 g/mol. The molecule has 0 atom stereocenters. The van der Waals surface area contributed by atoms with E-state index < -0.39 is 34.9 Å². The van der Waals surface area contributed by atoms with E-state index in [1.807, 2.05) is 27.7 Å². The van der Waals surface area contributed by atoms with Crippen molar-refractivity contribution in [2.24, 2.45) is 5.73 Å². The number of carbonyl (C=O) groups excluding carboxylic acids is 3. The van der Waals surface area contributed by atoms with Crippen LogP contribution in [0.5, 0.6) is 0 Å². The van der Waals surface area contributed by atoms with Crippen molar-refractivity contribution in [1.82, 2.24) is 9.97 Å². The Morgan fingerprint density at radius 2 is 1.30 bits per heavy atom. The molecule has 1 amide bonds. The monoisotopic (exact) mass is 948 g/mol. The molecule has 0 spiro atoms. The number of hydrogen-bond donors (Lipinski definition) is 1. The fourth-order valence-electron chi connectivity index (χ4n) is 5.11. The third-order valence-corrected chi connectivity index (χ3v) is 8.10. The Bertz CT molecular complexity index is 2020. The van der Waals surface area contributed by atoms with E-state index in [2.05, 4.69) is 56.0 Å². The molecule has 9 nitrogen and oxygen atoms in total. The van der Waals surface area contributed by atoms with Crippen molar-refractivity contribution in [3.8, 4) is 22.3 Å². The van der Waals surface area contributed by atoms with Gasteiger partial charge in [-0.3, -0.25) is 26.3 Å². The number of primary amides is 1. The third-order valence-electron chi connectivity index (χ3n) is 7.21. The number of amides is 1. The molecule has 4 aromatic rings. The first-order chi connectivity index (χ1) is 25.9. The van der Waals surface area contributed by atoms with E-state index in [9.17, 15) is 23.2 Å². The van der Waals surface area contributed by atoms with Crippen LogP contribution >= 0.6 is 29.6 Å². The van der Waals surface area contributed by atoms with Crippen molar-refractivity contribution >= 4 is 53.2 Å². The van der Waals surface area contributed by atoms with Gasteiger partial charge in [0.15, 0.2) is 5.97 Å². The summed E-state index contributed by atoms with van der Waals surface area (Å²) in [6.45, 7) is 28.7. The van der Waals surface area contributed by atoms with Crippen molar-refractivity contribution in [3.05, 3.63) is 118 Å². The van der Waals surface area contributed by atoms with Gasteiger partial charge < -0.3 is 20.1 Å². The molecule has 0 radical (unpaired) electrons. The van der Waals surface area contributed by atoms with Crippen LogP contribution in [0, 0.1) is 25.1 Å². The summed E-state index contributed by atoms with van der Waals surface area (Å²) in [5, 5.41) is 0. The molecular formula is C42H48Br2F2N4O5Zn. The molecule has 0 saturated heterocycles. The fourth-order valence-corrected chi connectivity index (χ4v) is 6.03. The molecule has 56 heavy (non-hydrogen) atoms. The maximum absolute atomic E-state index is 14.3. The third kappa shape index (κ3) is 17.0. The molecule has 296 valence electrons. The van der Waals surface area contributed by atoms with E-state index >= 15 is 0 Å². The molecule has 14 heteroatoms. The van der Waals surface area contributed by atoms with Crippen LogP contribution in [-0.2, 0) is 41.8 Å². The number of nitrogens with zero attached hydrogens (tertiary/aromatic N) is 3. The van der Waals surface area contributed by atoms with Gasteiger partial charge in [-0.2, -0.15) is 0 Å². The van der Waals surface area contributed by atoms with Gasteiger partial charge in [0.2, 0.25) is 0 Å². The summed E-state index contributed by atoms with van der Waals surface area (Å²) in [5.74, 6) is -1.73. The number of aromatic nitrogens is 2. The van der Waals surface area contributed by atoms with Crippen molar-refractivity contribution in [2.75, 3.05) is 0 Å². The van der Waals surface area contributed by atoms with E-state index in [1.54, 1.807) is 65.9 Å². The standard InChI is InChI=1S/C21H25FN2O3.C15H12BrFN2.C6H11O2.BrH.Zn/c1-12(2)15-9-14(22)10-16(13-6-7-24-18(8-13)20(23)26)17(15)11-19(25)27-21(3,4)5;1-9(2)12-7-11(17)8-13(15(12)16)10-4-5-19-14(6-10)18-3;1-5(7)8-6(2,3)4;;/h6-10,12H,11H2,1-5H3,(H2,23,26);4-9H,1-2H3;1H2,2-4H3;1H;/q;;-1;;+2/p-1. The maximum atomic E-state index is 14.3. The number of ether oxygens (including phenoxy) is 2. The van der Waals surface area contributed by atoms with Gasteiger partial charge in [-0.05, 0) is 157 Å². The minimum atomic E-state index is -0.675. The summed E-state index contributed by atoms with van der Waals surface area (Å²) >= 11 is 7.78. The number of pyridine rings is 2. The number of halogens is 4. The van der Waals surface area contributed by atoms with Gasteiger partial charge >= 0.3 is 35.9 Å². The summed E-state index contributed by atoms with van der Waals surface area (Å²) in [7, 11) is 0. The van der Waals surface area contributed by atoms with Gasteiger partial charge in [0.1, 0.15) is 34.7 Å². The Kier molecular flexibility index (Phi) is 20.2. The fraction of sp³-hybridized carbons (Fsp3) is 0.357. The van der Waals surface area contributed by atoms with Crippen LogP contribution in [0.3, 0.4) is 0 Å².